The molecule has 1 N–H and O–H groups in total. The number of amides is 1. The van der Waals surface area contributed by atoms with Crippen LogP contribution in [0, 0.1) is 0 Å². The Bertz CT molecular complexity index is 580. The molecule has 0 spiro atoms. The molecule has 1 heterocycles. The lowest BCUT2D eigenvalue weighted by atomic mass is 10.3. The molecule has 0 saturated heterocycles. The third-order valence-electron chi connectivity index (χ3n) is 2.36. The van der Waals surface area contributed by atoms with Crippen molar-refractivity contribution in [2.75, 3.05) is 12.4 Å². The predicted octanol–water partition coefficient (Wildman–Crippen LogP) is 2.44. The standard InChI is InChI=1S/C12H12BrN3O2/c1-16-6-11(14-7-16)12(17)15-10-5-8(18-2)3-4-9(10)13/h3-7H,1-2H3,(H,15,17). The summed E-state index contributed by atoms with van der Waals surface area (Å²) in [5, 5.41) is 2.77. The van der Waals surface area contributed by atoms with Crippen molar-refractivity contribution in [1.29, 1.82) is 0 Å². The number of carbonyl (C=O) groups excluding carboxylic acids is 1. The molecule has 1 aromatic carbocycles. The second kappa shape index (κ2) is 5.22. The molecule has 18 heavy (non-hydrogen) atoms. The Morgan fingerprint density at radius 2 is 2.28 bits per heavy atom. The van der Waals surface area contributed by atoms with Crippen molar-refractivity contribution in [3.8, 4) is 5.75 Å². The van der Waals surface area contributed by atoms with Crippen molar-refractivity contribution in [1.82, 2.24) is 9.55 Å². The Hall–Kier alpha value is -1.82. The van der Waals surface area contributed by atoms with E-state index in [0.29, 0.717) is 17.1 Å². The molecule has 2 aromatic rings. The first-order valence-corrected chi connectivity index (χ1v) is 6.02. The zero-order valence-electron chi connectivity index (χ0n) is 9.98. The fourth-order valence-corrected chi connectivity index (χ4v) is 1.79. The number of nitrogens with zero attached hydrogens (tertiary/aromatic N) is 2. The van der Waals surface area contributed by atoms with Gasteiger partial charge in [0.1, 0.15) is 11.4 Å². The van der Waals surface area contributed by atoms with Gasteiger partial charge in [-0.3, -0.25) is 4.79 Å². The molecule has 1 amide bonds. The Labute approximate surface area is 113 Å². The molecule has 0 aliphatic carbocycles. The van der Waals surface area contributed by atoms with Gasteiger partial charge in [0.2, 0.25) is 0 Å². The van der Waals surface area contributed by atoms with Gasteiger partial charge in [0.15, 0.2) is 0 Å². The van der Waals surface area contributed by atoms with Crippen LogP contribution in [0.1, 0.15) is 10.5 Å². The van der Waals surface area contributed by atoms with Gasteiger partial charge in [-0.2, -0.15) is 0 Å². The Morgan fingerprint density at radius 1 is 1.50 bits per heavy atom. The SMILES string of the molecule is COc1ccc(Br)c(NC(=O)c2cn(C)cn2)c1. The number of ether oxygens (including phenoxy) is 1. The van der Waals surface area contributed by atoms with E-state index in [9.17, 15) is 4.79 Å². The second-order valence-electron chi connectivity index (χ2n) is 3.72. The summed E-state index contributed by atoms with van der Waals surface area (Å²) in [5.74, 6) is 0.416. The molecule has 0 saturated carbocycles. The van der Waals surface area contributed by atoms with Crippen LogP contribution in [0.2, 0.25) is 0 Å². The normalized spacial score (nSPS) is 10.2. The van der Waals surface area contributed by atoms with Crippen molar-refractivity contribution in [2.24, 2.45) is 7.05 Å². The van der Waals surface area contributed by atoms with Crippen molar-refractivity contribution in [3.63, 3.8) is 0 Å². The van der Waals surface area contributed by atoms with Gasteiger partial charge in [0.05, 0.1) is 19.1 Å². The molecule has 5 nitrogen and oxygen atoms in total. The largest absolute Gasteiger partial charge is 0.497 e. The maximum Gasteiger partial charge on any atom is 0.275 e. The first-order valence-electron chi connectivity index (χ1n) is 5.23. The van der Waals surface area contributed by atoms with Gasteiger partial charge >= 0.3 is 0 Å². The molecular formula is C12H12BrN3O2. The van der Waals surface area contributed by atoms with Crippen molar-refractivity contribution in [3.05, 3.63) is 40.9 Å². The minimum Gasteiger partial charge on any atom is -0.497 e. The van der Waals surface area contributed by atoms with Crippen LogP contribution in [-0.4, -0.2) is 22.6 Å². The number of anilines is 1. The number of nitrogens with one attached hydrogen (secondary N) is 1. The summed E-state index contributed by atoms with van der Waals surface area (Å²) in [6, 6.07) is 5.36. The summed E-state index contributed by atoms with van der Waals surface area (Å²) in [6.07, 6.45) is 3.24. The summed E-state index contributed by atoms with van der Waals surface area (Å²) in [7, 11) is 3.39. The quantitative estimate of drug-likeness (QED) is 0.947. The van der Waals surface area contributed by atoms with Crippen molar-refractivity contribution < 1.29 is 9.53 Å². The van der Waals surface area contributed by atoms with E-state index in [4.69, 9.17) is 4.74 Å². The highest BCUT2D eigenvalue weighted by atomic mass is 79.9. The smallest absolute Gasteiger partial charge is 0.275 e. The number of rotatable bonds is 3. The number of imidazole rings is 1. The van der Waals surface area contributed by atoms with E-state index in [1.165, 1.54) is 0 Å². The summed E-state index contributed by atoms with van der Waals surface area (Å²) in [5.41, 5.74) is 1.01. The van der Waals surface area contributed by atoms with E-state index >= 15 is 0 Å². The van der Waals surface area contributed by atoms with E-state index in [1.54, 1.807) is 36.3 Å². The van der Waals surface area contributed by atoms with Gasteiger partial charge < -0.3 is 14.6 Å². The average Bonchev–Trinajstić information content (AvgIpc) is 2.79. The van der Waals surface area contributed by atoms with Crippen LogP contribution in [0.3, 0.4) is 0 Å². The van der Waals surface area contributed by atoms with Gasteiger partial charge in [-0.15, -0.1) is 0 Å². The van der Waals surface area contributed by atoms with Gasteiger partial charge in [0.25, 0.3) is 5.91 Å². The number of carbonyl (C=O) groups is 1. The molecular weight excluding hydrogens is 298 g/mol. The molecule has 6 heteroatoms. The van der Waals surface area contributed by atoms with E-state index < -0.39 is 0 Å². The minimum atomic E-state index is -0.260. The number of halogens is 1. The monoisotopic (exact) mass is 309 g/mol. The maximum absolute atomic E-state index is 11.9. The Kier molecular flexibility index (Phi) is 3.66. The zero-order chi connectivity index (χ0) is 13.1. The van der Waals surface area contributed by atoms with E-state index in [2.05, 4.69) is 26.2 Å². The van der Waals surface area contributed by atoms with Crippen LogP contribution in [0.25, 0.3) is 0 Å². The Morgan fingerprint density at radius 3 is 2.89 bits per heavy atom. The zero-order valence-corrected chi connectivity index (χ0v) is 11.6. The summed E-state index contributed by atoms with van der Waals surface area (Å²) in [4.78, 5) is 15.9. The predicted molar refractivity (Wildman–Crippen MR) is 71.9 cm³/mol. The number of benzene rings is 1. The molecule has 0 aliphatic rings. The van der Waals surface area contributed by atoms with Crippen molar-refractivity contribution in [2.45, 2.75) is 0 Å². The number of aryl methyl sites for hydroxylation is 1. The summed E-state index contributed by atoms with van der Waals surface area (Å²) in [6.45, 7) is 0. The first-order chi connectivity index (χ1) is 8.60. The summed E-state index contributed by atoms with van der Waals surface area (Å²) >= 11 is 3.37. The highest BCUT2D eigenvalue weighted by Crippen LogP contribution is 2.27. The lowest BCUT2D eigenvalue weighted by Gasteiger charge is -2.08. The number of hydrogen-bond acceptors (Lipinski definition) is 3. The van der Waals surface area contributed by atoms with Crippen LogP contribution in [0.4, 0.5) is 5.69 Å². The molecule has 0 bridgehead atoms. The van der Waals surface area contributed by atoms with Gasteiger partial charge in [-0.1, -0.05) is 0 Å². The molecule has 0 radical (unpaired) electrons. The van der Waals surface area contributed by atoms with Crippen molar-refractivity contribution >= 4 is 27.5 Å². The van der Waals surface area contributed by atoms with Crippen LogP contribution >= 0.6 is 15.9 Å². The lowest BCUT2D eigenvalue weighted by molar-refractivity contribution is 0.102. The van der Waals surface area contributed by atoms with Crippen LogP contribution in [0.5, 0.6) is 5.75 Å². The second-order valence-corrected chi connectivity index (χ2v) is 4.58. The molecule has 1 aromatic heterocycles. The highest BCUT2D eigenvalue weighted by molar-refractivity contribution is 9.10. The molecule has 0 unspecified atom stereocenters. The van der Waals surface area contributed by atoms with Crippen LogP contribution < -0.4 is 10.1 Å². The molecule has 0 atom stereocenters. The highest BCUT2D eigenvalue weighted by Gasteiger charge is 2.11. The lowest BCUT2D eigenvalue weighted by Crippen LogP contribution is -2.12. The third kappa shape index (κ3) is 2.70. The fourth-order valence-electron chi connectivity index (χ4n) is 1.44. The average molecular weight is 310 g/mol. The number of methoxy groups -OCH3 is 1. The first kappa shape index (κ1) is 12.6. The molecule has 94 valence electrons. The molecule has 2 rings (SSSR count). The van der Waals surface area contributed by atoms with Gasteiger partial charge in [-0.25, -0.2) is 4.98 Å². The van der Waals surface area contributed by atoms with Gasteiger partial charge in [-0.05, 0) is 28.1 Å². The fraction of sp³-hybridized carbons (Fsp3) is 0.167. The van der Waals surface area contributed by atoms with E-state index in [-0.39, 0.29) is 5.91 Å². The van der Waals surface area contributed by atoms with Gasteiger partial charge in [0, 0.05) is 23.8 Å². The minimum absolute atomic E-state index is 0.260. The Balaban J connectivity index is 2.21. The summed E-state index contributed by atoms with van der Waals surface area (Å²) < 4.78 is 7.61. The van der Waals surface area contributed by atoms with Crippen LogP contribution in [0.15, 0.2) is 35.2 Å². The maximum atomic E-state index is 11.9. The molecule has 0 aliphatic heterocycles. The number of aromatic nitrogens is 2. The number of hydrogen-bond donors (Lipinski definition) is 1. The molecule has 0 fully saturated rings. The third-order valence-corrected chi connectivity index (χ3v) is 3.05. The van der Waals surface area contributed by atoms with E-state index in [1.807, 2.05) is 13.1 Å². The van der Waals surface area contributed by atoms with Crippen LogP contribution in [-0.2, 0) is 7.05 Å². The topological polar surface area (TPSA) is 56.1 Å². The van der Waals surface area contributed by atoms with E-state index in [0.717, 1.165) is 4.47 Å².